The van der Waals surface area contributed by atoms with E-state index in [1.807, 2.05) is 0 Å². The lowest BCUT2D eigenvalue weighted by Gasteiger charge is -2.25. The number of hydrogen-bond acceptors (Lipinski definition) is 8. The zero-order valence-corrected chi connectivity index (χ0v) is 18.7. The molecule has 10 nitrogen and oxygen atoms in total. The van der Waals surface area contributed by atoms with Crippen LogP contribution in [0.1, 0.15) is 23.8 Å². The van der Waals surface area contributed by atoms with Crippen molar-refractivity contribution in [2.75, 3.05) is 11.9 Å². The number of carbonyl (C=O) groups excluding carboxylic acids is 1. The van der Waals surface area contributed by atoms with Crippen LogP contribution in [0.4, 0.5) is 14.6 Å². The summed E-state index contributed by atoms with van der Waals surface area (Å²) in [6.45, 7) is 4.79. The number of nitrogens with zero attached hydrogens (tertiary/aromatic N) is 5. The number of aromatic amines is 1. The molecule has 2 aromatic rings. The first-order valence-corrected chi connectivity index (χ1v) is 10.7. The third kappa shape index (κ3) is 4.56. The fourth-order valence-corrected chi connectivity index (χ4v) is 4.10. The highest BCUT2D eigenvalue weighted by atomic mass is 35.5. The summed E-state index contributed by atoms with van der Waals surface area (Å²) in [6.07, 6.45) is 1.61. The van der Waals surface area contributed by atoms with Crippen LogP contribution in [0.2, 0.25) is 0 Å². The second kappa shape index (κ2) is 9.57. The molecule has 1 aliphatic heterocycles. The molecule has 0 unspecified atom stereocenters. The molecule has 1 saturated heterocycles. The van der Waals surface area contributed by atoms with Crippen molar-refractivity contribution in [1.29, 1.82) is 0 Å². The van der Waals surface area contributed by atoms with Gasteiger partial charge in [-0.3, -0.25) is 9.89 Å². The number of aliphatic hydroxyl groups is 2. The first-order valence-electron chi connectivity index (χ1n) is 10.4. The highest BCUT2D eigenvalue weighted by molar-refractivity contribution is 6.69. The first kappa shape index (κ1) is 23.9. The molecule has 1 amide bonds. The maximum atomic E-state index is 14.4. The molecule has 2 aliphatic rings. The molecule has 34 heavy (non-hydrogen) atoms. The van der Waals surface area contributed by atoms with E-state index in [9.17, 15) is 23.8 Å². The van der Waals surface area contributed by atoms with Gasteiger partial charge in [-0.15, -0.1) is 0 Å². The third-order valence-corrected chi connectivity index (χ3v) is 5.97. The van der Waals surface area contributed by atoms with Crippen molar-refractivity contribution in [3.05, 3.63) is 48.4 Å². The Kier molecular flexibility index (Phi) is 6.73. The molecule has 0 bridgehead atoms. The van der Waals surface area contributed by atoms with Crippen molar-refractivity contribution in [1.82, 2.24) is 25.1 Å². The molecule has 1 aliphatic carbocycles. The number of hydrogen-bond donors (Lipinski definition) is 4. The fraction of sp³-hybridized carbons (Fsp3) is 0.381. The molecule has 4 rings (SSSR count). The van der Waals surface area contributed by atoms with Gasteiger partial charge in [0.1, 0.15) is 41.5 Å². The van der Waals surface area contributed by atoms with Gasteiger partial charge in [-0.1, -0.05) is 30.3 Å². The summed E-state index contributed by atoms with van der Waals surface area (Å²) in [5.74, 6) is -1.01. The molecule has 13 heteroatoms. The maximum Gasteiger partial charge on any atom is 0.275 e. The van der Waals surface area contributed by atoms with E-state index < -0.39 is 42.2 Å². The number of rotatable bonds is 6. The third-order valence-electron chi connectivity index (χ3n) is 5.63. The minimum absolute atomic E-state index is 0.0600. The SMILES string of the molecule is C=C(/C(Cl)=N\C=C(/C)F)[C@H]1C[C@H](F)CN1C(=O)c1n[nH]c2ncnc(N[C@@H]3C=C[C@@H](O)[C@H]3O)c12. The summed E-state index contributed by atoms with van der Waals surface area (Å²) in [7, 11) is 0. The zero-order chi connectivity index (χ0) is 24.6. The second-order valence-electron chi connectivity index (χ2n) is 8.02. The predicted molar refractivity (Wildman–Crippen MR) is 122 cm³/mol. The van der Waals surface area contributed by atoms with Crippen molar-refractivity contribution in [2.24, 2.45) is 4.99 Å². The molecule has 180 valence electrons. The molecule has 5 atom stereocenters. The summed E-state index contributed by atoms with van der Waals surface area (Å²) in [6, 6.07) is -1.49. The minimum Gasteiger partial charge on any atom is -0.388 e. The van der Waals surface area contributed by atoms with Crippen molar-refractivity contribution < 1.29 is 23.8 Å². The number of H-pyrrole nitrogens is 1. The van der Waals surface area contributed by atoms with Crippen molar-refractivity contribution >= 4 is 39.5 Å². The summed E-state index contributed by atoms with van der Waals surface area (Å²) in [5, 5.41) is 29.7. The van der Waals surface area contributed by atoms with Crippen LogP contribution in [0.25, 0.3) is 11.0 Å². The van der Waals surface area contributed by atoms with Gasteiger partial charge >= 0.3 is 0 Å². The molecule has 0 aromatic carbocycles. The Morgan fingerprint density at radius 3 is 2.85 bits per heavy atom. The van der Waals surface area contributed by atoms with E-state index in [4.69, 9.17) is 11.6 Å². The smallest absolute Gasteiger partial charge is 0.275 e. The number of alkyl halides is 1. The largest absolute Gasteiger partial charge is 0.388 e. The lowest BCUT2D eigenvalue weighted by Crippen LogP contribution is -2.38. The normalized spacial score (nSPS) is 27.6. The van der Waals surface area contributed by atoms with E-state index in [2.05, 4.69) is 37.1 Å². The quantitative estimate of drug-likeness (QED) is 0.356. The summed E-state index contributed by atoms with van der Waals surface area (Å²) in [4.78, 5) is 26.7. The monoisotopic (exact) mass is 493 g/mol. The topological polar surface area (TPSA) is 140 Å². The van der Waals surface area contributed by atoms with Crippen LogP contribution in [0, 0.1) is 0 Å². The number of fused-ring (bicyclic) bond motifs is 1. The van der Waals surface area contributed by atoms with Gasteiger partial charge in [-0.2, -0.15) is 5.10 Å². The Bertz CT molecular complexity index is 1210. The van der Waals surface area contributed by atoms with Gasteiger partial charge in [0.25, 0.3) is 5.91 Å². The van der Waals surface area contributed by atoms with Gasteiger partial charge in [0.15, 0.2) is 11.3 Å². The van der Waals surface area contributed by atoms with Crippen LogP contribution in [0.5, 0.6) is 0 Å². The molecule has 0 radical (unpaired) electrons. The molecule has 1 fully saturated rings. The number of anilines is 1. The van der Waals surface area contributed by atoms with E-state index in [-0.39, 0.29) is 46.3 Å². The number of nitrogens with one attached hydrogen (secondary N) is 2. The molecule has 2 aromatic heterocycles. The number of aliphatic imine (C=N–C) groups is 1. The van der Waals surface area contributed by atoms with Crippen LogP contribution in [0.3, 0.4) is 0 Å². The Labute approximate surface area is 197 Å². The van der Waals surface area contributed by atoms with Gasteiger partial charge in [-0.25, -0.2) is 23.7 Å². The van der Waals surface area contributed by atoms with Crippen molar-refractivity contribution in [3.63, 3.8) is 0 Å². The van der Waals surface area contributed by atoms with Gasteiger partial charge in [0.05, 0.1) is 30.2 Å². The highest BCUT2D eigenvalue weighted by Crippen LogP contribution is 2.31. The number of aromatic nitrogens is 4. The summed E-state index contributed by atoms with van der Waals surface area (Å²) < 4.78 is 27.4. The van der Waals surface area contributed by atoms with Gasteiger partial charge in [-0.05, 0) is 6.92 Å². The molecular formula is C21H22ClF2N7O3. The van der Waals surface area contributed by atoms with E-state index in [1.165, 1.54) is 24.2 Å². The fourth-order valence-electron chi connectivity index (χ4n) is 3.93. The van der Waals surface area contributed by atoms with Gasteiger partial charge in [0.2, 0.25) is 0 Å². The molecule has 0 spiro atoms. The van der Waals surface area contributed by atoms with Crippen LogP contribution < -0.4 is 5.32 Å². The Morgan fingerprint density at radius 1 is 1.41 bits per heavy atom. The Morgan fingerprint density at radius 2 is 2.18 bits per heavy atom. The van der Waals surface area contributed by atoms with Crippen LogP contribution in [-0.2, 0) is 0 Å². The number of amides is 1. The van der Waals surface area contributed by atoms with Crippen LogP contribution in [-0.4, -0.2) is 83.4 Å². The van der Waals surface area contributed by atoms with Gasteiger partial charge in [0, 0.05) is 12.0 Å². The van der Waals surface area contributed by atoms with Gasteiger partial charge < -0.3 is 20.4 Å². The van der Waals surface area contributed by atoms with E-state index in [1.54, 1.807) is 6.08 Å². The van der Waals surface area contributed by atoms with Crippen molar-refractivity contribution in [2.45, 2.75) is 43.8 Å². The maximum absolute atomic E-state index is 14.4. The number of halogens is 3. The second-order valence-corrected chi connectivity index (χ2v) is 8.38. The lowest BCUT2D eigenvalue weighted by molar-refractivity contribution is 0.0552. The number of likely N-dealkylation sites (tertiary alicyclic amines) is 1. The number of allylic oxidation sites excluding steroid dienone is 1. The standard InChI is InChI=1S/C21H22ClF2N7O3/c1-9(23)6-25-18(22)10(2)13-5-11(24)7-31(13)21(34)16-15-19(26-8-27-20(15)30-29-16)28-12-3-4-14(32)17(12)33/h3-4,6,8,11-14,17,32-33H,2,5,7H2,1H3,(H2,26,27,28,29,30)/b9-6+,25-18+/t11-,12+,13+,14+,17-/m0/s1. The zero-order valence-electron chi connectivity index (χ0n) is 18.0. The number of aliphatic hydroxyl groups excluding tert-OH is 2. The van der Waals surface area contributed by atoms with Crippen LogP contribution >= 0.6 is 11.6 Å². The first-order chi connectivity index (χ1) is 16.2. The summed E-state index contributed by atoms with van der Waals surface area (Å²) >= 11 is 6.12. The molecule has 0 saturated carbocycles. The Hall–Kier alpha value is -3.22. The van der Waals surface area contributed by atoms with E-state index in [0.717, 1.165) is 6.20 Å². The predicted octanol–water partition coefficient (Wildman–Crippen LogP) is 2.00. The lowest BCUT2D eigenvalue weighted by atomic mass is 10.1. The van der Waals surface area contributed by atoms with Crippen molar-refractivity contribution in [3.8, 4) is 0 Å². The summed E-state index contributed by atoms with van der Waals surface area (Å²) in [5.41, 5.74) is 0.331. The molecule has 4 N–H and O–H groups in total. The van der Waals surface area contributed by atoms with E-state index in [0.29, 0.717) is 0 Å². The van der Waals surface area contributed by atoms with Crippen LogP contribution in [0.15, 0.2) is 47.7 Å². The minimum atomic E-state index is -1.34. The average molecular weight is 494 g/mol. The average Bonchev–Trinajstić information content (AvgIpc) is 3.50. The number of carbonyl (C=O) groups is 1. The molecule has 3 heterocycles. The molecular weight excluding hydrogens is 472 g/mol. The highest BCUT2D eigenvalue weighted by Gasteiger charge is 2.40. The Balaban J connectivity index is 1.65. The van der Waals surface area contributed by atoms with E-state index >= 15 is 0 Å².